The predicted molar refractivity (Wildman–Crippen MR) is 157 cm³/mol. The van der Waals surface area contributed by atoms with Crippen molar-refractivity contribution >= 4 is 29.5 Å². The SMILES string of the molecule is CC(C)[C@H](NC(=O)c1ccccc1)C(=O)NC1(C(=O)N[C@@H](C)C(=O)NC(CCC(N)=O)C(O)C(F)(F)F)CC1c1ccccc1. The van der Waals surface area contributed by atoms with E-state index >= 15 is 0 Å². The number of rotatable bonds is 14. The molecule has 1 saturated carbocycles. The number of carbonyl (C=O) groups is 5. The Morgan fingerprint density at radius 1 is 0.911 bits per heavy atom. The Bertz CT molecular complexity index is 1370. The van der Waals surface area contributed by atoms with Crippen molar-refractivity contribution in [2.24, 2.45) is 11.7 Å². The van der Waals surface area contributed by atoms with Crippen molar-refractivity contribution in [3.05, 3.63) is 71.8 Å². The zero-order valence-electron chi connectivity index (χ0n) is 25.1. The number of aliphatic hydroxyl groups is 1. The molecule has 2 aromatic carbocycles. The van der Waals surface area contributed by atoms with Crippen molar-refractivity contribution in [3.63, 3.8) is 0 Å². The van der Waals surface area contributed by atoms with Crippen molar-refractivity contribution in [2.45, 2.75) is 81.9 Å². The number of amides is 5. The van der Waals surface area contributed by atoms with Gasteiger partial charge in [-0.15, -0.1) is 0 Å². The highest BCUT2D eigenvalue weighted by atomic mass is 19.4. The Balaban J connectivity index is 1.79. The van der Waals surface area contributed by atoms with Gasteiger partial charge >= 0.3 is 6.18 Å². The Morgan fingerprint density at radius 2 is 1.49 bits per heavy atom. The molecule has 244 valence electrons. The summed E-state index contributed by atoms with van der Waals surface area (Å²) in [6.07, 6.45) is -9.07. The lowest BCUT2D eigenvalue weighted by atomic mass is 10.00. The second-order valence-electron chi connectivity index (χ2n) is 11.5. The summed E-state index contributed by atoms with van der Waals surface area (Å²) in [5.74, 6) is -4.78. The van der Waals surface area contributed by atoms with Crippen LogP contribution in [0.25, 0.3) is 0 Å². The molecule has 3 rings (SSSR count). The summed E-state index contributed by atoms with van der Waals surface area (Å²) < 4.78 is 39.7. The Labute approximate surface area is 258 Å². The summed E-state index contributed by atoms with van der Waals surface area (Å²) in [5.41, 5.74) is 4.55. The van der Waals surface area contributed by atoms with E-state index in [-0.39, 0.29) is 12.3 Å². The Morgan fingerprint density at radius 3 is 2.02 bits per heavy atom. The minimum Gasteiger partial charge on any atom is -0.382 e. The van der Waals surface area contributed by atoms with Gasteiger partial charge in [0.1, 0.15) is 17.6 Å². The molecule has 2 aromatic rings. The fraction of sp³-hybridized carbons (Fsp3) is 0.452. The maximum Gasteiger partial charge on any atom is 0.416 e. The zero-order chi connectivity index (χ0) is 33.5. The fourth-order valence-corrected chi connectivity index (χ4v) is 4.98. The molecule has 7 N–H and O–H groups in total. The minimum absolute atomic E-state index is 0.147. The maximum absolute atomic E-state index is 13.7. The van der Waals surface area contributed by atoms with Gasteiger partial charge in [-0.05, 0) is 43.4 Å². The van der Waals surface area contributed by atoms with Gasteiger partial charge < -0.3 is 32.1 Å². The van der Waals surface area contributed by atoms with Gasteiger partial charge in [0.05, 0.1) is 6.04 Å². The number of hydrogen-bond donors (Lipinski definition) is 6. The van der Waals surface area contributed by atoms with E-state index < -0.39 is 84.2 Å². The molecule has 0 heterocycles. The molecule has 0 aliphatic heterocycles. The molecule has 0 saturated heterocycles. The van der Waals surface area contributed by atoms with Gasteiger partial charge in [-0.3, -0.25) is 24.0 Å². The predicted octanol–water partition coefficient (Wildman–Crippen LogP) is 1.66. The minimum atomic E-state index is -5.10. The van der Waals surface area contributed by atoms with Crippen LogP contribution in [-0.4, -0.2) is 70.6 Å². The third-order valence-electron chi connectivity index (χ3n) is 7.67. The quantitative estimate of drug-likeness (QED) is 0.184. The summed E-state index contributed by atoms with van der Waals surface area (Å²) >= 11 is 0. The highest BCUT2D eigenvalue weighted by Crippen LogP contribution is 2.51. The molecular formula is C31H38F3N5O6. The zero-order valence-corrected chi connectivity index (χ0v) is 25.1. The monoisotopic (exact) mass is 633 g/mol. The van der Waals surface area contributed by atoms with Gasteiger partial charge in [0.2, 0.25) is 23.6 Å². The van der Waals surface area contributed by atoms with Crippen molar-refractivity contribution in [3.8, 4) is 0 Å². The van der Waals surface area contributed by atoms with Crippen LogP contribution >= 0.6 is 0 Å². The average molecular weight is 634 g/mol. The lowest BCUT2D eigenvalue weighted by molar-refractivity contribution is -0.212. The van der Waals surface area contributed by atoms with Crippen LogP contribution in [0.3, 0.4) is 0 Å². The number of hydrogen-bond acceptors (Lipinski definition) is 6. The summed E-state index contributed by atoms with van der Waals surface area (Å²) in [4.78, 5) is 64.2. The second-order valence-corrected chi connectivity index (χ2v) is 11.5. The fourth-order valence-electron chi connectivity index (χ4n) is 4.98. The van der Waals surface area contributed by atoms with E-state index in [2.05, 4.69) is 16.0 Å². The van der Waals surface area contributed by atoms with E-state index in [1.807, 2.05) is 5.32 Å². The third kappa shape index (κ3) is 9.03. The average Bonchev–Trinajstić information content (AvgIpc) is 3.72. The van der Waals surface area contributed by atoms with E-state index in [1.54, 1.807) is 74.5 Å². The first-order valence-corrected chi connectivity index (χ1v) is 14.4. The lowest BCUT2D eigenvalue weighted by Crippen LogP contribution is -2.60. The van der Waals surface area contributed by atoms with Gasteiger partial charge in [0, 0.05) is 17.9 Å². The van der Waals surface area contributed by atoms with E-state index in [9.17, 15) is 42.3 Å². The van der Waals surface area contributed by atoms with E-state index in [1.165, 1.54) is 6.92 Å². The van der Waals surface area contributed by atoms with Crippen molar-refractivity contribution in [2.75, 3.05) is 0 Å². The molecule has 0 spiro atoms. The number of alkyl halides is 3. The van der Waals surface area contributed by atoms with Crippen molar-refractivity contribution < 1.29 is 42.3 Å². The number of aliphatic hydroxyl groups excluding tert-OH is 1. The molecule has 0 radical (unpaired) electrons. The van der Waals surface area contributed by atoms with Crippen LogP contribution in [0.4, 0.5) is 13.2 Å². The van der Waals surface area contributed by atoms with Gasteiger partial charge in [0.15, 0.2) is 6.10 Å². The number of primary amides is 1. The third-order valence-corrected chi connectivity index (χ3v) is 7.67. The molecule has 14 heteroatoms. The Kier molecular flexibility index (Phi) is 11.3. The first-order chi connectivity index (χ1) is 21.1. The van der Waals surface area contributed by atoms with Gasteiger partial charge in [-0.1, -0.05) is 62.4 Å². The molecule has 6 atom stereocenters. The Hall–Kier alpha value is -4.46. The summed E-state index contributed by atoms with van der Waals surface area (Å²) in [5, 5.41) is 19.7. The molecule has 1 aliphatic carbocycles. The van der Waals surface area contributed by atoms with E-state index in [4.69, 9.17) is 5.73 Å². The van der Waals surface area contributed by atoms with Crippen LogP contribution in [0.5, 0.6) is 0 Å². The summed E-state index contributed by atoms with van der Waals surface area (Å²) in [6.45, 7) is 4.67. The summed E-state index contributed by atoms with van der Waals surface area (Å²) in [6, 6.07) is 12.7. The van der Waals surface area contributed by atoms with Crippen LogP contribution in [-0.2, 0) is 19.2 Å². The van der Waals surface area contributed by atoms with Crippen LogP contribution in [0.15, 0.2) is 60.7 Å². The van der Waals surface area contributed by atoms with Crippen molar-refractivity contribution in [1.82, 2.24) is 21.3 Å². The second kappa shape index (κ2) is 14.5. The topological polar surface area (TPSA) is 180 Å². The first kappa shape index (κ1) is 35.0. The molecule has 5 amide bonds. The lowest BCUT2D eigenvalue weighted by Gasteiger charge is -2.29. The van der Waals surface area contributed by atoms with Crippen LogP contribution < -0.4 is 27.0 Å². The maximum atomic E-state index is 13.7. The highest BCUT2D eigenvalue weighted by molar-refractivity contribution is 6.01. The van der Waals surface area contributed by atoms with Crippen LogP contribution in [0.2, 0.25) is 0 Å². The molecule has 0 aromatic heterocycles. The number of nitrogens with one attached hydrogen (secondary N) is 4. The molecule has 1 aliphatic rings. The number of benzene rings is 2. The molecule has 0 bridgehead atoms. The molecule has 45 heavy (non-hydrogen) atoms. The first-order valence-electron chi connectivity index (χ1n) is 14.4. The van der Waals surface area contributed by atoms with Gasteiger partial charge in [0.25, 0.3) is 5.91 Å². The molecule has 11 nitrogen and oxygen atoms in total. The molecule has 4 unspecified atom stereocenters. The standard InChI is InChI=1S/C31H38F3N5O6/c1-17(2)24(38-27(43)20-12-8-5-9-13-20)28(44)39-30(16-21(30)19-10-6-4-7-11-19)29(45)36-18(3)26(42)37-22(14-15-23(35)40)25(41)31(32,33)34/h4-13,17-18,21-22,24-25,41H,14-16H2,1-3H3,(H2,35,40)(H,36,45)(H,37,42)(H,38,43)(H,39,44)/t18-,21?,22?,24-,25?,30?/m0/s1. The van der Waals surface area contributed by atoms with E-state index in [0.717, 1.165) is 5.56 Å². The van der Waals surface area contributed by atoms with Gasteiger partial charge in [-0.2, -0.15) is 13.2 Å². The smallest absolute Gasteiger partial charge is 0.382 e. The molecular weight excluding hydrogens is 595 g/mol. The number of nitrogens with two attached hydrogens (primary N) is 1. The largest absolute Gasteiger partial charge is 0.416 e. The van der Waals surface area contributed by atoms with Crippen LogP contribution in [0.1, 0.15) is 61.9 Å². The number of carbonyl (C=O) groups excluding carboxylic acids is 5. The van der Waals surface area contributed by atoms with Gasteiger partial charge in [-0.25, -0.2) is 0 Å². The molecule has 1 fully saturated rings. The van der Waals surface area contributed by atoms with E-state index in [0.29, 0.717) is 5.56 Å². The number of halogens is 3. The summed E-state index contributed by atoms with van der Waals surface area (Å²) in [7, 11) is 0. The van der Waals surface area contributed by atoms with Crippen molar-refractivity contribution in [1.29, 1.82) is 0 Å². The highest BCUT2D eigenvalue weighted by Gasteiger charge is 2.62. The van der Waals surface area contributed by atoms with Crippen LogP contribution in [0, 0.1) is 5.92 Å². The normalized spacial score (nSPS) is 20.2.